The monoisotopic (exact) mass is 359 g/mol. The topological polar surface area (TPSA) is 29.1 Å². The van der Waals surface area contributed by atoms with Crippen molar-refractivity contribution in [2.24, 2.45) is 0 Å². The lowest BCUT2D eigenvalue weighted by molar-refractivity contribution is 0.0949. The predicted octanol–water partition coefficient (Wildman–Crippen LogP) is 4.31. The highest BCUT2D eigenvalue weighted by molar-refractivity contribution is 9.10. The summed E-state index contributed by atoms with van der Waals surface area (Å²) in [6, 6.07) is 8.01. The average Bonchev–Trinajstić information content (AvgIpc) is 2.42. The summed E-state index contributed by atoms with van der Waals surface area (Å²) in [6.07, 6.45) is 0. The van der Waals surface area contributed by atoms with Crippen LogP contribution in [0.2, 0.25) is 5.02 Å². The van der Waals surface area contributed by atoms with E-state index in [9.17, 15) is 13.6 Å². The minimum absolute atomic E-state index is 0.0105. The number of benzene rings is 2. The third-order valence-corrected chi connectivity index (χ3v) is 3.59. The standard InChI is InChI=1S/C14H9BrClF2NO/c15-11-3-2-9(17)6-10(11)14(20)19-7-8-1-4-13(18)12(16)5-8/h1-6H,7H2,(H,19,20). The second kappa shape index (κ2) is 6.33. The van der Waals surface area contributed by atoms with Gasteiger partial charge < -0.3 is 5.32 Å². The van der Waals surface area contributed by atoms with Crippen LogP contribution in [-0.4, -0.2) is 5.91 Å². The molecule has 2 aromatic carbocycles. The number of rotatable bonds is 3. The molecule has 0 spiro atoms. The molecule has 2 nitrogen and oxygen atoms in total. The molecule has 20 heavy (non-hydrogen) atoms. The van der Waals surface area contributed by atoms with Gasteiger partial charge in [0.25, 0.3) is 5.91 Å². The molecular formula is C14H9BrClF2NO. The third-order valence-electron chi connectivity index (χ3n) is 2.61. The number of hydrogen-bond acceptors (Lipinski definition) is 1. The number of carbonyl (C=O) groups is 1. The van der Waals surface area contributed by atoms with Crippen LogP contribution in [0, 0.1) is 11.6 Å². The fourth-order valence-corrected chi connectivity index (χ4v) is 2.23. The lowest BCUT2D eigenvalue weighted by atomic mass is 10.2. The van der Waals surface area contributed by atoms with Crippen LogP contribution in [0.25, 0.3) is 0 Å². The van der Waals surface area contributed by atoms with Crippen LogP contribution in [0.5, 0.6) is 0 Å². The zero-order valence-electron chi connectivity index (χ0n) is 10.1. The van der Waals surface area contributed by atoms with Gasteiger partial charge in [-0.3, -0.25) is 4.79 Å². The Balaban J connectivity index is 2.08. The first-order valence-electron chi connectivity index (χ1n) is 5.64. The van der Waals surface area contributed by atoms with Gasteiger partial charge in [-0.15, -0.1) is 0 Å². The molecule has 0 saturated heterocycles. The Hall–Kier alpha value is -1.46. The molecule has 0 radical (unpaired) electrons. The fourth-order valence-electron chi connectivity index (χ4n) is 1.60. The molecule has 6 heteroatoms. The van der Waals surface area contributed by atoms with Crippen molar-refractivity contribution in [2.75, 3.05) is 0 Å². The van der Waals surface area contributed by atoms with Crippen molar-refractivity contribution < 1.29 is 13.6 Å². The van der Waals surface area contributed by atoms with Gasteiger partial charge in [0, 0.05) is 11.0 Å². The van der Waals surface area contributed by atoms with Crippen molar-refractivity contribution in [3.8, 4) is 0 Å². The van der Waals surface area contributed by atoms with E-state index in [2.05, 4.69) is 21.2 Å². The predicted molar refractivity (Wildman–Crippen MR) is 76.7 cm³/mol. The van der Waals surface area contributed by atoms with E-state index in [1.54, 1.807) is 0 Å². The summed E-state index contributed by atoms with van der Waals surface area (Å²) in [6.45, 7) is 0.168. The molecule has 0 heterocycles. The van der Waals surface area contributed by atoms with Gasteiger partial charge in [-0.05, 0) is 51.8 Å². The molecular weight excluding hydrogens is 352 g/mol. The van der Waals surface area contributed by atoms with E-state index in [1.807, 2.05) is 0 Å². The van der Waals surface area contributed by atoms with Gasteiger partial charge in [-0.1, -0.05) is 17.7 Å². The van der Waals surface area contributed by atoms with Crippen molar-refractivity contribution >= 4 is 33.4 Å². The smallest absolute Gasteiger partial charge is 0.252 e. The molecule has 2 rings (SSSR count). The van der Waals surface area contributed by atoms with Crippen LogP contribution in [0.15, 0.2) is 40.9 Å². The summed E-state index contributed by atoms with van der Waals surface area (Å²) in [5.74, 6) is -1.45. The minimum atomic E-state index is -0.519. The van der Waals surface area contributed by atoms with Crippen LogP contribution >= 0.6 is 27.5 Å². The van der Waals surface area contributed by atoms with Crippen LogP contribution < -0.4 is 5.32 Å². The first kappa shape index (κ1) is 14.9. The summed E-state index contributed by atoms with van der Waals surface area (Å²) in [4.78, 5) is 11.9. The zero-order valence-corrected chi connectivity index (χ0v) is 12.4. The maximum atomic E-state index is 13.1. The van der Waals surface area contributed by atoms with Gasteiger partial charge >= 0.3 is 0 Å². The second-order valence-electron chi connectivity index (χ2n) is 4.06. The van der Waals surface area contributed by atoms with Crippen molar-refractivity contribution in [2.45, 2.75) is 6.54 Å². The summed E-state index contributed by atoms with van der Waals surface area (Å²) >= 11 is 8.83. The summed E-state index contributed by atoms with van der Waals surface area (Å²) < 4.78 is 26.6. The molecule has 0 aromatic heterocycles. The number of amides is 1. The van der Waals surface area contributed by atoms with Gasteiger partial charge in [0.05, 0.1) is 10.6 Å². The Morgan fingerprint density at radius 2 is 1.95 bits per heavy atom. The molecule has 0 fully saturated rings. The van der Waals surface area contributed by atoms with Crippen LogP contribution in [0.4, 0.5) is 8.78 Å². The molecule has 0 saturated carbocycles. The number of carbonyl (C=O) groups excluding carboxylic acids is 1. The Morgan fingerprint density at radius 1 is 1.20 bits per heavy atom. The first-order valence-corrected chi connectivity index (χ1v) is 6.81. The van der Waals surface area contributed by atoms with Crippen molar-refractivity contribution in [1.82, 2.24) is 5.32 Å². The molecule has 0 aliphatic carbocycles. The minimum Gasteiger partial charge on any atom is -0.348 e. The number of nitrogens with one attached hydrogen (secondary N) is 1. The number of hydrogen-bond donors (Lipinski definition) is 1. The van der Waals surface area contributed by atoms with Gasteiger partial charge in [-0.25, -0.2) is 8.78 Å². The highest BCUT2D eigenvalue weighted by atomic mass is 79.9. The van der Waals surface area contributed by atoms with E-state index in [1.165, 1.54) is 30.3 Å². The Labute approximate surface area is 127 Å². The van der Waals surface area contributed by atoms with E-state index < -0.39 is 17.5 Å². The largest absolute Gasteiger partial charge is 0.348 e. The Bertz CT molecular complexity index is 664. The summed E-state index contributed by atoms with van der Waals surface area (Å²) in [5.41, 5.74) is 0.843. The van der Waals surface area contributed by atoms with Crippen molar-refractivity contribution in [1.29, 1.82) is 0 Å². The van der Waals surface area contributed by atoms with Crippen molar-refractivity contribution in [3.05, 3.63) is 68.7 Å². The van der Waals surface area contributed by atoms with Gasteiger partial charge in [0.2, 0.25) is 0 Å². The number of halogens is 4. The van der Waals surface area contributed by atoms with Crippen molar-refractivity contribution in [3.63, 3.8) is 0 Å². The lowest BCUT2D eigenvalue weighted by Crippen LogP contribution is -2.23. The second-order valence-corrected chi connectivity index (χ2v) is 5.32. The maximum Gasteiger partial charge on any atom is 0.252 e. The van der Waals surface area contributed by atoms with E-state index in [-0.39, 0.29) is 17.1 Å². The third kappa shape index (κ3) is 3.55. The SMILES string of the molecule is O=C(NCc1ccc(F)c(Cl)c1)c1cc(F)ccc1Br. The van der Waals surface area contributed by atoms with Crippen LogP contribution in [0.1, 0.15) is 15.9 Å². The molecule has 0 unspecified atom stereocenters. The van der Waals surface area contributed by atoms with Gasteiger partial charge in [0.15, 0.2) is 0 Å². The lowest BCUT2D eigenvalue weighted by Gasteiger charge is -2.08. The average molecular weight is 361 g/mol. The van der Waals surface area contributed by atoms with Crippen LogP contribution in [-0.2, 0) is 6.54 Å². The fraction of sp³-hybridized carbons (Fsp3) is 0.0714. The highest BCUT2D eigenvalue weighted by Crippen LogP contribution is 2.19. The molecule has 0 aliphatic rings. The maximum absolute atomic E-state index is 13.1. The van der Waals surface area contributed by atoms with E-state index in [0.717, 1.165) is 6.07 Å². The normalized spacial score (nSPS) is 10.4. The molecule has 1 N–H and O–H groups in total. The molecule has 2 aromatic rings. The highest BCUT2D eigenvalue weighted by Gasteiger charge is 2.11. The van der Waals surface area contributed by atoms with E-state index in [0.29, 0.717) is 10.0 Å². The van der Waals surface area contributed by atoms with E-state index in [4.69, 9.17) is 11.6 Å². The molecule has 0 atom stereocenters. The molecule has 104 valence electrons. The van der Waals surface area contributed by atoms with Gasteiger partial charge in [-0.2, -0.15) is 0 Å². The quantitative estimate of drug-likeness (QED) is 0.868. The summed E-state index contributed by atoms with van der Waals surface area (Å²) in [7, 11) is 0. The first-order chi connectivity index (χ1) is 9.47. The Morgan fingerprint density at radius 3 is 2.65 bits per heavy atom. The Kier molecular flexibility index (Phi) is 4.73. The molecule has 1 amide bonds. The van der Waals surface area contributed by atoms with Crippen LogP contribution in [0.3, 0.4) is 0 Å². The molecule has 0 bridgehead atoms. The molecule has 0 aliphatic heterocycles. The van der Waals surface area contributed by atoms with E-state index >= 15 is 0 Å². The zero-order chi connectivity index (χ0) is 14.7. The van der Waals surface area contributed by atoms with Gasteiger partial charge in [0.1, 0.15) is 11.6 Å². The summed E-state index contributed by atoms with van der Waals surface area (Å²) in [5, 5.41) is 2.60.